The number of hydrogen-bond acceptors (Lipinski definition) is 4. The van der Waals surface area contributed by atoms with Gasteiger partial charge in [0.15, 0.2) is 0 Å². The Hall–Kier alpha value is -3.50. The standard InChI is InChI=1S/C22H16F2N2O4S2/c23-15-5-1-7-17(13-15)25-31(27,28)21-11-3-10-20-19(21)9-4-12-22(20)32(29,30)26-18-8-2-6-16(24)14-18/h1-14,25-26H. The first kappa shape index (κ1) is 21.7. The lowest BCUT2D eigenvalue weighted by molar-refractivity contribution is 0.599. The maximum absolute atomic E-state index is 13.5. The summed E-state index contributed by atoms with van der Waals surface area (Å²) < 4.78 is 83.4. The van der Waals surface area contributed by atoms with Crippen LogP contribution in [0.2, 0.25) is 0 Å². The van der Waals surface area contributed by atoms with Crippen LogP contribution in [0, 0.1) is 11.6 Å². The van der Waals surface area contributed by atoms with Crippen LogP contribution in [-0.4, -0.2) is 16.8 Å². The van der Waals surface area contributed by atoms with Crippen LogP contribution in [0.5, 0.6) is 0 Å². The predicted octanol–water partition coefficient (Wildman–Crippen LogP) is 4.72. The molecule has 0 aliphatic heterocycles. The summed E-state index contributed by atoms with van der Waals surface area (Å²) in [6.07, 6.45) is 0. The van der Waals surface area contributed by atoms with Crippen molar-refractivity contribution in [2.45, 2.75) is 9.79 Å². The molecule has 0 aromatic heterocycles. The number of halogens is 2. The van der Waals surface area contributed by atoms with E-state index in [0.29, 0.717) is 0 Å². The van der Waals surface area contributed by atoms with Crippen molar-refractivity contribution >= 4 is 42.2 Å². The molecule has 4 aromatic rings. The molecule has 4 aromatic carbocycles. The Morgan fingerprint density at radius 2 is 0.906 bits per heavy atom. The molecule has 10 heteroatoms. The lowest BCUT2D eigenvalue weighted by atomic mass is 10.1. The molecule has 6 nitrogen and oxygen atoms in total. The number of sulfonamides is 2. The Bertz CT molecular complexity index is 1420. The van der Waals surface area contributed by atoms with Gasteiger partial charge in [-0.15, -0.1) is 0 Å². The second kappa shape index (κ2) is 8.21. The Kier molecular flexibility index (Phi) is 5.57. The minimum Gasteiger partial charge on any atom is -0.280 e. The van der Waals surface area contributed by atoms with Crippen molar-refractivity contribution in [2.75, 3.05) is 9.44 Å². The highest BCUT2D eigenvalue weighted by Gasteiger charge is 2.23. The van der Waals surface area contributed by atoms with E-state index in [4.69, 9.17) is 0 Å². The molecule has 0 spiro atoms. The van der Waals surface area contributed by atoms with Gasteiger partial charge in [0.05, 0.1) is 21.2 Å². The van der Waals surface area contributed by atoms with E-state index in [-0.39, 0.29) is 31.9 Å². The molecule has 0 aliphatic rings. The van der Waals surface area contributed by atoms with Crippen LogP contribution in [0.4, 0.5) is 20.2 Å². The van der Waals surface area contributed by atoms with E-state index in [1.807, 2.05) is 0 Å². The van der Waals surface area contributed by atoms with Gasteiger partial charge in [-0.3, -0.25) is 9.44 Å². The first-order chi connectivity index (χ1) is 15.2. The summed E-state index contributed by atoms with van der Waals surface area (Å²) in [5.74, 6) is -1.22. The van der Waals surface area contributed by atoms with Gasteiger partial charge < -0.3 is 0 Å². The molecule has 0 saturated heterocycles. The topological polar surface area (TPSA) is 92.3 Å². The Balaban J connectivity index is 1.79. The number of nitrogens with one attached hydrogen (secondary N) is 2. The van der Waals surface area contributed by atoms with Gasteiger partial charge in [0, 0.05) is 10.8 Å². The molecule has 2 N–H and O–H groups in total. The molecule has 4 rings (SSSR count). The lowest BCUT2D eigenvalue weighted by Crippen LogP contribution is -2.15. The fourth-order valence-corrected chi connectivity index (χ4v) is 5.79. The molecule has 0 bridgehead atoms. The molecule has 0 amide bonds. The molecule has 0 radical (unpaired) electrons. The fourth-order valence-electron chi connectivity index (χ4n) is 3.25. The number of benzene rings is 4. The van der Waals surface area contributed by atoms with Gasteiger partial charge in [0.1, 0.15) is 11.6 Å². The van der Waals surface area contributed by atoms with E-state index in [1.165, 1.54) is 72.8 Å². The monoisotopic (exact) mass is 474 g/mol. The van der Waals surface area contributed by atoms with Gasteiger partial charge in [-0.2, -0.15) is 0 Å². The minimum atomic E-state index is -4.16. The van der Waals surface area contributed by atoms with E-state index in [1.54, 1.807) is 0 Å². The summed E-state index contributed by atoms with van der Waals surface area (Å²) in [7, 11) is -8.33. The highest BCUT2D eigenvalue weighted by molar-refractivity contribution is 7.93. The van der Waals surface area contributed by atoms with Crippen molar-refractivity contribution in [1.82, 2.24) is 0 Å². The van der Waals surface area contributed by atoms with Gasteiger partial charge in [0.2, 0.25) is 0 Å². The molecular weight excluding hydrogens is 458 g/mol. The van der Waals surface area contributed by atoms with Crippen molar-refractivity contribution in [3.63, 3.8) is 0 Å². The van der Waals surface area contributed by atoms with E-state index < -0.39 is 31.7 Å². The van der Waals surface area contributed by atoms with Crippen LogP contribution in [0.25, 0.3) is 10.8 Å². The first-order valence-corrected chi connectivity index (χ1v) is 12.2. The first-order valence-electron chi connectivity index (χ1n) is 9.24. The van der Waals surface area contributed by atoms with Gasteiger partial charge in [-0.25, -0.2) is 25.6 Å². The Morgan fingerprint density at radius 1 is 0.531 bits per heavy atom. The molecule has 0 unspecified atom stereocenters. The Labute approximate surface area is 183 Å². The van der Waals surface area contributed by atoms with Gasteiger partial charge in [-0.05, 0) is 48.5 Å². The van der Waals surface area contributed by atoms with E-state index >= 15 is 0 Å². The molecule has 0 atom stereocenters. The van der Waals surface area contributed by atoms with Crippen LogP contribution in [0.3, 0.4) is 0 Å². The summed E-state index contributed by atoms with van der Waals surface area (Å²) in [5.41, 5.74) is 0.0529. The van der Waals surface area contributed by atoms with E-state index in [0.717, 1.165) is 12.1 Å². The maximum Gasteiger partial charge on any atom is 0.262 e. The van der Waals surface area contributed by atoms with Crippen LogP contribution < -0.4 is 9.44 Å². The Morgan fingerprint density at radius 3 is 1.28 bits per heavy atom. The summed E-state index contributed by atoms with van der Waals surface area (Å²) in [5, 5.41) is 0.303. The zero-order valence-corrected chi connectivity index (χ0v) is 17.9. The third-order valence-corrected chi connectivity index (χ3v) is 7.45. The normalized spacial score (nSPS) is 11.9. The third kappa shape index (κ3) is 4.41. The lowest BCUT2D eigenvalue weighted by Gasteiger charge is -2.14. The average Bonchev–Trinajstić information content (AvgIpc) is 2.72. The fraction of sp³-hybridized carbons (Fsp3) is 0. The molecule has 0 fully saturated rings. The highest BCUT2D eigenvalue weighted by Crippen LogP contribution is 2.30. The zero-order valence-electron chi connectivity index (χ0n) is 16.3. The van der Waals surface area contributed by atoms with Gasteiger partial charge >= 0.3 is 0 Å². The third-order valence-electron chi connectivity index (χ3n) is 4.57. The molecule has 164 valence electrons. The number of anilines is 2. The molecule has 0 saturated carbocycles. The van der Waals surface area contributed by atoms with Gasteiger partial charge in [0.25, 0.3) is 20.0 Å². The van der Waals surface area contributed by atoms with E-state index in [9.17, 15) is 25.6 Å². The van der Waals surface area contributed by atoms with Crippen molar-refractivity contribution < 1.29 is 25.6 Å². The predicted molar refractivity (Wildman–Crippen MR) is 118 cm³/mol. The molecule has 0 heterocycles. The van der Waals surface area contributed by atoms with Crippen LogP contribution in [-0.2, 0) is 20.0 Å². The van der Waals surface area contributed by atoms with Crippen LogP contribution >= 0.6 is 0 Å². The maximum atomic E-state index is 13.5. The number of rotatable bonds is 6. The number of fused-ring (bicyclic) bond motifs is 1. The quantitative estimate of drug-likeness (QED) is 0.423. The summed E-state index contributed by atoms with van der Waals surface area (Å²) in [4.78, 5) is -0.357. The smallest absolute Gasteiger partial charge is 0.262 e. The molecular formula is C22H16F2N2O4S2. The summed E-state index contributed by atoms with van der Waals surface area (Å²) in [6, 6.07) is 18.3. The highest BCUT2D eigenvalue weighted by atomic mass is 32.2. The second-order valence-corrected chi connectivity index (χ2v) is 10.1. The van der Waals surface area contributed by atoms with Crippen molar-refractivity contribution in [2.24, 2.45) is 0 Å². The van der Waals surface area contributed by atoms with Crippen LogP contribution in [0.1, 0.15) is 0 Å². The van der Waals surface area contributed by atoms with Crippen molar-refractivity contribution in [3.05, 3.63) is 96.6 Å². The summed E-state index contributed by atoms with van der Waals surface area (Å²) >= 11 is 0. The SMILES string of the molecule is O=S(=O)(Nc1cccc(F)c1)c1cccc2c(S(=O)(=O)Nc3cccc(F)c3)cccc12. The average molecular weight is 475 g/mol. The van der Waals surface area contributed by atoms with Crippen LogP contribution in [0.15, 0.2) is 94.7 Å². The van der Waals surface area contributed by atoms with Gasteiger partial charge in [-0.1, -0.05) is 36.4 Å². The van der Waals surface area contributed by atoms with Crippen molar-refractivity contribution in [1.29, 1.82) is 0 Å². The zero-order chi connectivity index (χ0) is 22.9. The molecule has 32 heavy (non-hydrogen) atoms. The second-order valence-electron chi connectivity index (χ2n) is 6.84. The van der Waals surface area contributed by atoms with E-state index in [2.05, 4.69) is 9.44 Å². The number of hydrogen-bond donors (Lipinski definition) is 2. The summed E-state index contributed by atoms with van der Waals surface area (Å²) in [6.45, 7) is 0. The largest absolute Gasteiger partial charge is 0.280 e. The minimum absolute atomic E-state index is 0.0264. The van der Waals surface area contributed by atoms with Crippen molar-refractivity contribution in [3.8, 4) is 0 Å². The molecule has 0 aliphatic carbocycles.